The van der Waals surface area contributed by atoms with Crippen molar-refractivity contribution >= 4 is 23.3 Å². The Balaban J connectivity index is 0.00000158. The molecule has 1 unspecified atom stereocenters. The molecule has 2 aliphatic rings. The van der Waals surface area contributed by atoms with E-state index < -0.39 is 23.8 Å². The normalized spacial score (nSPS) is 17.6. The van der Waals surface area contributed by atoms with Crippen molar-refractivity contribution in [3.8, 4) is 5.88 Å². The number of hydrogen-bond donors (Lipinski definition) is 1. The van der Waals surface area contributed by atoms with Crippen molar-refractivity contribution in [3.63, 3.8) is 0 Å². The van der Waals surface area contributed by atoms with Crippen LogP contribution in [0.5, 0.6) is 5.88 Å². The van der Waals surface area contributed by atoms with Crippen LogP contribution in [0.2, 0.25) is 0 Å². The quantitative estimate of drug-likeness (QED) is 0.649. The third kappa shape index (κ3) is 5.71. The summed E-state index contributed by atoms with van der Waals surface area (Å²) in [7, 11) is 0. The molecule has 0 radical (unpaired) electrons. The molecule has 0 spiro atoms. The van der Waals surface area contributed by atoms with E-state index >= 15 is 0 Å². The molecule has 1 fully saturated rings. The van der Waals surface area contributed by atoms with E-state index in [1.807, 2.05) is 13.8 Å². The minimum Gasteiger partial charge on any atom is -0.471 e. The maximum Gasteiger partial charge on any atom is 0.414 e. The van der Waals surface area contributed by atoms with E-state index in [4.69, 9.17) is 14.6 Å². The van der Waals surface area contributed by atoms with Gasteiger partial charge in [-0.2, -0.15) is 0 Å². The molecule has 1 N–H and O–H groups in total. The van der Waals surface area contributed by atoms with Gasteiger partial charge in [-0.3, -0.25) is 9.69 Å². The smallest absolute Gasteiger partial charge is 0.414 e. The molecule has 1 atom stereocenters. The van der Waals surface area contributed by atoms with Crippen LogP contribution in [0.15, 0.2) is 35.1 Å². The van der Waals surface area contributed by atoms with E-state index in [0.29, 0.717) is 12.1 Å². The first-order valence-corrected chi connectivity index (χ1v) is 11.0. The summed E-state index contributed by atoms with van der Waals surface area (Å²) in [6.07, 6.45) is 1.84. The molecule has 34 heavy (non-hydrogen) atoms. The summed E-state index contributed by atoms with van der Waals surface area (Å²) in [6.45, 7) is 4.33. The zero-order valence-electron chi connectivity index (χ0n) is 19.0. The molecule has 0 saturated carbocycles. The molecule has 0 bridgehead atoms. The number of benzene rings is 1. The Kier molecular flexibility index (Phi) is 8.58. The highest BCUT2D eigenvalue weighted by atomic mass is 19.1. The number of ether oxygens (including phenoxy) is 2. The summed E-state index contributed by atoms with van der Waals surface area (Å²) >= 11 is 0. The van der Waals surface area contributed by atoms with Gasteiger partial charge in [0.1, 0.15) is 24.5 Å². The molecule has 1 aromatic heterocycles. The molecule has 1 aromatic carbocycles. The van der Waals surface area contributed by atoms with E-state index in [0.717, 1.165) is 17.0 Å². The molecule has 2 aromatic rings. The van der Waals surface area contributed by atoms with Gasteiger partial charge in [0.05, 0.1) is 18.8 Å². The minimum atomic E-state index is -0.809. The van der Waals surface area contributed by atoms with Crippen LogP contribution in [0.1, 0.15) is 32.3 Å². The standard InChI is InChI=1S/C21H21F2N3O6.C2H6/c22-16-9-14(26-11-15(32-21(26)29)12-30-18-4-8-31-24-18)10-17(23)20(16)13-1-5-25(6-2-13)19(28)3-7-27;1-2/h1,4,8-10,15,27H,2-3,5-7,11-12H2;1-2H3. The Morgan fingerprint density at radius 2 is 2.03 bits per heavy atom. The lowest BCUT2D eigenvalue weighted by molar-refractivity contribution is -0.131. The van der Waals surface area contributed by atoms with Crippen LogP contribution in [-0.2, 0) is 9.53 Å². The molecule has 0 aliphatic carbocycles. The number of carbonyl (C=O) groups excluding carboxylic acids is 2. The molecule has 184 valence electrons. The number of halogens is 2. The first-order valence-electron chi connectivity index (χ1n) is 11.0. The number of nitrogens with zero attached hydrogens (tertiary/aromatic N) is 3. The van der Waals surface area contributed by atoms with E-state index in [-0.39, 0.29) is 62.2 Å². The first kappa shape index (κ1) is 25.2. The second kappa shape index (κ2) is 11.6. The number of aromatic nitrogens is 1. The van der Waals surface area contributed by atoms with Gasteiger partial charge < -0.3 is 24.0 Å². The maximum absolute atomic E-state index is 14.9. The molecule has 4 rings (SSSR count). The summed E-state index contributed by atoms with van der Waals surface area (Å²) in [5.41, 5.74) is 0.304. The Hall–Kier alpha value is -3.47. The molecule has 2 aliphatic heterocycles. The number of rotatable bonds is 7. The van der Waals surface area contributed by atoms with Crippen LogP contribution in [-0.4, -0.2) is 66.1 Å². The highest BCUT2D eigenvalue weighted by Gasteiger charge is 2.34. The van der Waals surface area contributed by atoms with Gasteiger partial charge in [0.25, 0.3) is 5.88 Å². The summed E-state index contributed by atoms with van der Waals surface area (Å²) in [6, 6.07) is 3.68. The number of aliphatic hydroxyl groups excluding tert-OH is 1. The minimum absolute atomic E-state index is 0.0101. The van der Waals surface area contributed by atoms with Crippen LogP contribution >= 0.6 is 0 Å². The van der Waals surface area contributed by atoms with E-state index in [1.54, 1.807) is 6.08 Å². The third-order valence-electron chi connectivity index (χ3n) is 5.25. The van der Waals surface area contributed by atoms with Crippen molar-refractivity contribution in [1.82, 2.24) is 10.1 Å². The van der Waals surface area contributed by atoms with Gasteiger partial charge in [0.15, 0.2) is 6.10 Å². The number of carbonyl (C=O) groups is 2. The van der Waals surface area contributed by atoms with Crippen molar-refractivity contribution in [2.75, 3.05) is 37.7 Å². The van der Waals surface area contributed by atoms with Crippen molar-refractivity contribution < 1.29 is 37.5 Å². The predicted octanol–water partition coefficient (Wildman–Crippen LogP) is 3.38. The fourth-order valence-corrected chi connectivity index (χ4v) is 3.67. The van der Waals surface area contributed by atoms with Crippen LogP contribution in [0.4, 0.5) is 19.3 Å². The molecule has 11 heteroatoms. The molecule has 9 nitrogen and oxygen atoms in total. The largest absolute Gasteiger partial charge is 0.471 e. The summed E-state index contributed by atoms with van der Waals surface area (Å²) < 4.78 is 44.9. The lowest BCUT2D eigenvalue weighted by atomic mass is 9.97. The summed E-state index contributed by atoms with van der Waals surface area (Å²) in [5.74, 6) is -1.60. The fourth-order valence-electron chi connectivity index (χ4n) is 3.67. The highest BCUT2D eigenvalue weighted by Crippen LogP contribution is 2.32. The fraction of sp³-hybridized carbons (Fsp3) is 0.435. The average Bonchev–Trinajstić information content (AvgIpc) is 3.48. The van der Waals surface area contributed by atoms with Gasteiger partial charge >= 0.3 is 6.09 Å². The average molecular weight is 479 g/mol. The van der Waals surface area contributed by atoms with Gasteiger partial charge in [-0.15, -0.1) is 0 Å². The lowest BCUT2D eigenvalue weighted by Crippen LogP contribution is -2.35. The molecule has 3 heterocycles. The molecule has 2 amide bonds. The highest BCUT2D eigenvalue weighted by molar-refractivity contribution is 5.90. The summed E-state index contributed by atoms with van der Waals surface area (Å²) in [5, 5.41) is 12.5. The van der Waals surface area contributed by atoms with Gasteiger partial charge in [0, 0.05) is 31.1 Å². The molecular weight excluding hydrogens is 452 g/mol. The van der Waals surface area contributed by atoms with Crippen molar-refractivity contribution in [3.05, 3.63) is 47.7 Å². The second-order valence-corrected chi connectivity index (χ2v) is 7.34. The maximum atomic E-state index is 14.9. The first-order chi connectivity index (χ1) is 16.5. The number of anilines is 1. The van der Waals surface area contributed by atoms with Gasteiger partial charge in [-0.1, -0.05) is 19.9 Å². The van der Waals surface area contributed by atoms with Gasteiger partial charge in [-0.25, -0.2) is 13.6 Å². The number of cyclic esters (lactones) is 1. The zero-order valence-corrected chi connectivity index (χ0v) is 19.0. The van der Waals surface area contributed by atoms with Crippen molar-refractivity contribution in [1.29, 1.82) is 0 Å². The SMILES string of the molecule is CC.O=C(CCO)N1CC=C(c2c(F)cc(N3CC(COc4ccon4)OC3=O)cc2F)CC1. The lowest BCUT2D eigenvalue weighted by Gasteiger charge is -2.27. The van der Waals surface area contributed by atoms with Gasteiger partial charge in [0.2, 0.25) is 5.91 Å². The van der Waals surface area contributed by atoms with Crippen LogP contribution in [0.25, 0.3) is 5.57 Å². The van der Waals surface area contributed by atoms with E-state index in [2.05, 4.69) is 9.68 Å². The topological polar surface area (TPSA) is 105 Å². The molecule has 1 saturated heterocycles. The van der Waals surface area contributed by atoms with Crippen molar-refractivity contribution in [2.45, 2.75) is 32.8 Å². The summed E-state index contributed by atoms with van der Waals surface area (Å²) in [4.78, 5) is 26.7. The Bertz CT molecular complexity index is 1000. The second-order valence-electron chi connectivity index (χ2n) is 7.34. The van der Waals surface area contributed by atoms with Crippen LogP contribution < -0.4 is 9.64 Å². The Labute approximate surface area is 195 Å². The van der Waals surface area contributed by atoms with E-state index in [9.17, 15) is 18.4 Å². The zero-order chi connectivity index (χ0) is 24.7. The van der Waals surface area contributed by atoms with Gasteiger partial charge in [-0.05, 0) is 29.3 Å². The van der Waals surface area contributed by atoms with Crippen LogP contribution in [0, 0.1) is 11.6 Å². The number of aliphatic hydroxyl groups is 1. The van der Waals surface area contributed by atoms with Crippen LogP contribution in [0.3, 0.4) is 0 Å². The monoisotopic (exact) mass is 479 g/mol. The Morgan fingerprint density at radius 3 is 2.62 bits per heavy atom. The third-order valence-corrected chi connectivity index (χ3v) is 5.25. The predicted molar refractivity (Wildman–Crippen MR) is 118 cm³/mol. The van der Waals surface area contributed by atoms with Crippen molar-refractivity contribution in [2.24, 2.45) is 0 Å². The molecular formula is C23H27F2N3O6. The number of amides is 2. The van der Waals surface area contributed by atoms with E-state index in [1.165, 1.54) is 17.2 Å². The number of hydrogen-bond acceptors (Lipinski definition) is 7. The Morgan fingerprint density at radius 1 is 1.29 bits per heavy atom.